The Morgan fingerprint density at radius 2 is 1.59 bits per heavy atom. The lowest BCUT2D eigenvalue weighted by molar-refractivity contribution is 0.445. The molecular weight excluding hydrogens is 226 g/mol. The summed E-state index contributed by atoms with van der Waals surface area (Å²) in [6, 6.07) is 9.79. The fourth-order valence-electron chi connectivity index (χ4n) is 2.62. The predicted molar refractivity (Wildman–Crippen MR) is 75.8 cm³/mol. The number of thioether (sulfide) groups is 1. The van der Waals surface area contributed by atoms with Crippen LogP contribution in [0.5, 0.6) is 0 Å². The van der Waals surface area contributed by atoms with E-state index in [-0.39, 0.29) is 0 Å². The van der Waals surface area contributed by atoms with Crippen molar-refractivity contribution in [3.8, 4) is 0 Å². The molecule has 0 spiro atoms. The van der Waals surface area contributed by atoms with Crippen LogP contribution in [-0.4, -0.2) is 11.3 Å². The summed E-state index contributed by atoms with van der Waals surface area (Å²) in [4.78, 5) is 1.44. The SMILES string of the molecule is c1cc(SC2CCCC2)ccc1NC1CCC1. The molecule has 2 heteroatoms. The average Bonchev–Trinajstić information content (AvgIpc) is 2.78. The fraction of sp³-hybridized carbons (Fsp3) is 0.600. The molecule has 0 heterocycles. The van der Waals surface area contributed by atoms with Gasteiger partial charge in [0.15, 0.2) is 0 Å². The standard InChI is InChI=1S/C15H21NS/c1-2-7-14(6-1)17-15-10-8-13(9-11-15)16-12-4-3-5-12/h8-12,14,16H,1-7H2. The lowest BCUT2D eigenvalue weighted by atomic mass is 9.93. The highest BCUT2D eigenvalue weighted by Gasteiger charge is 2.17. The summed E-state index contributed by atoms with van der Waals surface area (Å²) in [6.45, 7) is 0. The minimum absolute atomic E-state index is 0.739. The smallest absolute Gasteiger partial charge is 0.0343 e. The van der Waals surface area contributed by atoms with Crippen molar-refractivity contribution in [1.29, 1.82) is 0 Å². The van der Waals surface area contributed by atoms with Gasteiger partial charge in [0.05, 0.1) is 0 Å². The third kappa shape index (κ3) is 2.98. The minimum atomic E-state index is 0.739. The van der Waals surface area contributed by atoms with Gasteiger partial charge in [-0.05, 0) is 56.4 Å². The lowest BCUT2D eigenvalue weighted by Gasteiger charge is -2.27. The quantitative estimate of drug-likeness (QED) is 0.828. The van der Waals surface area contributed by atoms with E-state index >= 15 is 0 Å². The van der Waals surface area contributed by atoms with Crippen LogP contribution in [0.3, 0.4) is 0 Å². The molecule has 1 aromatic rings. The third-order valence-corrected chi connectivity index (χ3v) is 5.28. The van der Waals surface area contributed by atoms with Gasteiger partial charge >= 0.3 is 0 Å². The number of hydrogen-bond donors (Lipinski definition) is 1. The normalized spacial score (nSPS) is 21.4. The second-order valence-electron chi connectivity index (χ2n) is 5.32. The molecule has 1 N–H and O–H groups in total. The first-order chi connectivity index (χ1) is 8.40. The zero-order valence-corrected chi connectivity index (χ0v) is 11.1. The van der Waals surface area contributed by atoms with Gasteiger partial charge in [-0.2, -0.15) is 0 Å². The van der Waals surface area contributed by atoms with Crippen molar-refractivity contribution in [2.75, 3.05) is 5.32 Å². The summed E-state index contributed by atoms with van der Waals surface area (Å²) >= 11 is 2.07. The van der Waals surface area contributed by atoms with Crippen LogP contribution in [0.1, 0.15) is 44.9 Å². The summed E-state index contributed by atoms with van der Waals surface area (Å²) in [5.74, 6) is 0. The lowest BCUT2D eigenvalue weighted by Crippen LogP contribution is -2.26. The summed E-state index contributed by atoms with van der Waals surface area (Å²) in [5.41, 5.74) is 1.30. The Kier molecular flexibility index (Phi) is 3.60. The van der Waals surface area contributed by atoms with E-state index in [1.807, 2.05) is 0 Å². The first kappa shape index (κ1) is 11.5. The second kappa shape index (κ2) is 5.34. The van der Waals surface area contributed by atoms with Crippen LogP contribution in [0.2, 0.25) is 0 Å². The molecule has 0 radical (unpaired) electrons. The van der Waals surface area contributed by atoms with Gasteiger partial charge in [-0.25, -0.2) is 0 Å². The van der Waals surface area contributed by atoms with Crippen LogP contribution >= 0.6 is 11.8 Å². The number of anilines is 1. The Balaban J connectivity index is 1.55. The summed E-state index contributed by atoms with van der Waals surface area (Å²) in [5, 5.41) is 4.47. The molecule has 0 amide bonds. The fourth-order valence-corrected chi connectivity index (χ4v) is 3.86. The van der Waals surface area contributed by atoms with Crippen molar-refractivity contribution in [2.24, 2.45) is 0 Å². The second-order valence-corrected chi connectivity index (χ2v) is 6.69. The summed E-state index contributed by atoms with van der Waals surface area (Å²) in [6.07, 6.45) is 9.77. The Morgan fingerprint density at radius 3 is 2.18 bits per heavy atom. The Labute approximate surface area is 108 Å². The molecule has 1 aromatic carbocycles. The van der Waals surface area contributed by atoms with Crippen molar-refractivity contribution in [3.63, 3.8) is 0 Å². The van der Waals surface area contributed by atoms with E-state index in [0.29, 0.717) is 0 Å². The molecule has 2 aliphatic rings. The van der Waals surface area contributed by atoms with Gasteiger partial charge in [0.1, 0.15) is 0 Å². The zero-order valence-electron chi connectivity index (χ0n) is 10.3. The maximum Gasteiger partial charge on any atom is 0.0343 e. The predicted octanol–water partition coefficient (Wildman–Crippen LogP) is 4.69. The van der Waals surface area contributed by atoms with E-state index in [0.717, 1.165) is 11.3 Å². The van der Waals surface area contributed by atoms with Crippen molar-refractivity contribution < 1.29 is 0 Å². The number of benzene rings is 1. The first-order valence-corrected chi connectivity index (χ1v) is 7.81. The number of hydrogen-bond acceptors (Lipinski definition) is 2. The monoisotopic (exact) mass is 247 g/mol. The molecule has 0 aliphatic heterocycles. The molecule has 0 saturated heterocycles. The highest BCUT2D eigenvalue weighted by Crippen LogP contribution is 2.35. The van der Waals surface area contributed by atoms with Crippen LogP contribution < -0.4 is 5.32 Å². The third-order valence-electron chi connectivity index (χ3n) is 3.94. The van der Waals surface area contributed by atoms with E-state index in [1.54, 1.807) is 0 Å². The van der Waals surface area contributed by atoms with Gasteiger partial charge in [0.2, 0.25) is 0 Å². The van der Waals surface area contributed by atoms with Crippen LogP contribution in [0, 0.1) is 0 Å². The molecule has 0 atom stereocenters. The first-order valence-electron chi connectivity index (χ1n) is 6.93. The molecule has 2 fully saturated rings. The van der Waals surface area contributed by atoms with Crippen LogP contribution in [-0.2, 0) is 0 Å². The van der Waals surface area contributed by atoms with Gasteiger partial charge in [-0.1, -0.05) is 12.8 Å². The number of rotatable bonds is 4. The van der Waals surface area contributed by atoms with E-state index in [1.165, 1.54) is 55.5 Å². The molecule has 1 nitrogen and oxygen atoms in total. The maximum absolute atomic E-state index is 3.59. The van der Waals surface area contributed by atoms with Gasteiger partial charge in [0, 0.05) is 21.9 Å². The maximum atomic E-state index is 3.59. The Bertz CT molecular complexity index is 350. The van der Waals surface area contributed by atoms with Gasteiger partial charge in [0.25, 0.3) is 0 Å². The van der Waals surface area contributed by atoms with E-state index in [9.17, 15) is 0 Å². The minimum Gasteiger partial charge on any atom is -0.382 e. The van der Waals surface area contributed by atoms with Crippen LogP contribution in [0.25, 0.3) is 0 Å². The van der Waals surface area contributed by atoms with Gasteiger partial charge in [-0.3, -0.25) is 0 Å². The molecule has 0 unspecified atom stereocenters. The summed E-state index contributed by atoms with van der Waals surface area (Å²) < 4.78 is 0. The van der Waals surface area contributed by atoms with Crippen LogP contribution in [0.15, 0.2) is 29.2 Å². The molecule has 17 heavy (non-hydrogen) atoms. The van der Waals surface area contributed by atoms with Crippen molar-refractivity contribution in [1.82, 2.24) is 0 Å². The highest BCUT2D eigenvalue weighted by atomic mass is 32.2. The van der Waals surface area contributed by atoms with Crippen molar-refractivity contribution in [3.05, 3.63) is 24.3 Å². The number of nitrogens with one attached hydrogen (secondary N) is 1. The largest absolute Gasteiger partial charge is 0.382 e. The molecule has 3 rings (SSSR count). The molecule has 0 bridgehead atoms. The van der Waals surface area contributed by atoms with Gasteiger partial charge < -0.3 is 5.32 Å². The van der Waals surface area contributed by atoms with E-state index in [2.05, 4.69) is 41.3 Å². The van der Waals surface area contributed by atoms with Gasteiger partial charge in [-0.15, -0.1) is 11.8 Å². The highest BCUT2D eigenvalue weighted by molar-refractivity contribution is 8.00. The Morgan fingerprint density at radius 1 is 0.882 bits per heavy atom. The molecule has 0 aromatic heterocycles. The average molecular weight is 247 g/mol. The van der Waals surface area contributed by atoms with E-state index in [4.69, 9.17) is 0 Å². The van der Waals surface area contributed by atoms with Crippen molar-refractivity contribution >= 4 is 17.4 Å². The molecule has 2 saturated carbocycles. The van der Waals surface area contributed by atoms with Crippen LogP contribution in [0.4, 0.5) is 5.69 Å². The molecular formula is C15H21NS. The summed E-state index contributed by atoms with van der Waals surface area (Å²) in [7, 11) is 0. The zero-order chi connectivity index (χ0) is 11.5. The Hall–Kier alpha value is -0.630. The van der Waals surface area contributed by atoms with E-state index < -0.39 is 0 Å². The molecule has 2 aliphatic carbocycles. The molecule has 92 valence electrons. The topological polar surface area (TPSA) is 12.0 Å². The van der Waals surface area contributed by atoms with Crippen molar-refractivity contribution in [2.45, 2.75) is 61.1 Å².